The van der Waals surface area contributed by atoms with Gasteiger partial charge in [-0.05, 0) is 41.7 Å². The topological polar surface area (TPSA) is 61.4 Å². The molecule has 2 aromatic rings. The van der Waals surface area contributed by atoms with Gasteiger partial charge in [-0.1, -0.05) is 36.4 Å². The molecule has 0 bridgehead atoms. The number of fused-ring (bicyclic) bond motifs is 1. The maximum atomic E-state index is 12.9. The van der Waals surface area contributed by atoms with Crippen LogP contribution in [0.1, 0.15) is 35.3 Å². The smallest absolute Gasteiger partial charge is 0.315 e. The van der Waals surface area contributed by atoms with Gasteiger partial charge >= 0.3 is 6.03 Å². The van der Waals surface area contributed by atoms with Crippen LogP contribution in [0.15, 0.2) is 48.5 Å². The van der Waals surface area contributed by atoms with Gasteiger partial charge in [-0.25, -0.2) is 9.18 Å². The third-order valence-corrected chi connectivity index (χ3v) is 4.15. The monoisotopic (exact) mass is 314 g/mol. The summed E-state index contributed by atoms with van der Waals surface area (Å²) >= 11 is 0. The fourth-order valence-electron chi connectivity index (χ4n) is 2.91. The number of aliphatic hydroxyl groups is 1. The quantitative estimate of drug-likeness (QED) is 0.812. The zero-order valence-corrected chi connectivity index (χ0v) is 12.6. The second-order valence-corrected chi connectivity index (χ2v) is 5.71. The highest BCUT2D eigenvalue weighted by Gasteiger charge is 2.23. The van der Waals surface area contributed by atoms with Crippen molar-refractivity contribution in [3.63, 3.8) is 0 Å². The van der Waals surface area contributed by atoms with E-state index >= 15 is 0 Å². The number of hydrogen-bond acceptors (Lipinski definition) is 2. The molecule has 0 heterocycles. The minimum absolute atomic E-state index is 0.00849. The molecule has 0 fully saturated rings. The maximum absolute atomic E-state index is 12.9. The Morgan fingerprint density at radius 2 is 1.96 bits per heavy atom. The van der Waals surface area contributed by atoms with Crippen molar-refractivity contribution in [2.75, 3.05) is 6.54 Å². The summed E-state index contributed by atoms with van der Waals surface area (Å²) < 4.78 is 12.9. The number of rotatable bonds is 4. The third-order valence-electron chi connectivity index (χ3n) is 4.15. The Morgan fingerprint density at radius 1 is 1.22 bits per heavy atom. The molecule has 0 spiro atoms. The van der Waals surface area contributed by atoms with Crippen molar-refractivity contribution < 1.29 is 14.3 Å². The van der Waals surface area contributed by atoms with E-state index in [4.69, 9.17) is 0 Å². The van der Waals surface area contributed by atoms with Crippen LogP contribution in [-0.4, -0.2) is 17.7 Å². The van der Waals surface area contributed by atoms with Crippen molar-refractivity contribution in [1.29, 1.82) is 0 Å². The number of carbonyl (C=O) groups is 1. The fourth-order valence-corrected chi connectivity index (χ4v) is 2.91. The van der Waals surface area contributed by atoms with Crippen molar-refractivity contribution >= 4 is 6.03 Å². The number of urea groups is 1. The van der Waals surface area contributed by atoms with Crippen molar-refractivity contribution in [1.82, 2.24) is 10.6 Å². The second kappa shape index (κ2) is 6.79. The van der Waals surface area contributed by atoms with E-state index in [2.05, 4.69) is 16.7 Å². The molecule has 3 rings (SSSR count). The van der Waals surface area contributed by atoms with E-state index in [1.165, 1.54) is 29.8 Å². The predicted molar refractivity (Wildman–Crippen MR) is 85.4 cm³/mol. The number of nitrogens with one attached hydrogen (secondary N) is 2. The number of carbonyl (C=O) groups excluding carboxylic acids is 1. The third kappa shape index (κ3) is 3.68. The molecule has 1 aliphatic rings. The molecule has 0 aromatic heterocycles. The molecule has 5 heteroatoms. The van der Waals surface area contributed by atoms with Crippen molar-refractivity contribution in [3.05, 3.63) is 71.0 Å². The van der Waals surface area contributed by atoms with Crippen LogP contribution in [0.4, 0.5) is 9.18 Å². The molecule has 1 aliphatic carbocycles. The fraction of sp³-hybridized carbons (Fsp3) is 0.278. The van der Waals surface area contributed by atoms with E-state index in [0.29, 0.717) is 5.56 Å². The van der Waals surface area contributed by atoms with Gasteiger partial charge in [0.05, 0.1) is 12.1 Å². The van der Waals surface area contributed by atoms with Gasteiger partial charge in [0.1, 0.15) is 5.82 Å². The maximum Gasteiger partial charge on any atom is 0.315 e. The minimum atomic E-state index is -0.864. The lowest BCUT2D eigenvalue weighted by molar-refractivity contribution is 0.172. The van der Waals surface area contributed by atoms with E-state index in [1.54, 1.807) is 0 Å². The number of amides is 2. The largest absolute Gasteiger partial charge is 0.387 e. The Hall–Kier alpha value is -2.40. The molecule has 0 radical (unpaired) electrons. The minimum Gasteiger partial charge on any atom is -0.387 e. The van der Waals surface area contributed by atoms with Crippen molar-refractivity contribution in [3.8, 4) is 0 Å². The number of benzene rings is 2. The van der Waals surface area contributed by atoms with Crippen LogP contribution in [0.25, 0.3) is 0 Å². The first-order valence-corrected chi connectivity index (χ1v) is 7.69. The molecule has 3 N–H and O–H groups in total. The lowest BCUT2D eigenvalue weighted by atomic mass is 10.1. The molecule has 120 valence electrons. The summed E-state index contributed by atoms with van der Waals surface area (Å²) in [6.07, 6.45) is 0.976. The molecule has 2 unspecified atom stereocenters. The summed E-state index contributed by atoms with van der Waals surface area (Å²) in [5.41, 5.74) is 2.99. The number of hydrogen-bond donors (Lipinski definition) is 3. The van der Waals surface area contributed by atoms with E-state index in [1.807, 2.05) is 18.2 Å². The van der Waals surface area contributed by atoms with Crippen LogP contribution in [0.2, 0.25) is 0 Å². The zero-order valence-electron chi connectivity index (χ0n) is 12.6. The highest BCUT2D eigenvalue weighted by molar-refractivity contribution is 5.74. The summed E-state index contributed by atoms with van der Waals surface area (Å²) in [6.45, 7) is 0.0752. The first-order valence-electron chi connectivity index (χ1n) is 7.69. The van der Waals surface area contributed by atoms with Crippen LogP contribution < -0.4 is 10.6 Å². The average molecular weight is 314 g/mol. The highest BCUT2D eigenvalue weighted by atomic mass is 19.1. The Morgan fingerprint density at radius 3 is 2.74 bits per heavy atom. The molecule has 2 amide bonds. The normalized spacial score (nSPS) is 17.4. The molecule has 4 nitrogen and oxygen atoms in total. The molecule has 0 saturated heterocycles. The predicted octanol–water partition coefficient (Wildman–Crippen LogP) is 2.85. The SMILES string of the molecule is O=C(NCC(O)c1ccc(F)cc1)NC1CCc2ccccc21. The zero-order chi connectivity index (χ0) is 16.2. The van der Waals surface area contributed by atoms with Crippen LogP contribution in [0, 0.1) is 5.82 Å². The molecule has 23 heavy (non-hydrogen) atoms. The lowest BCUT2D eigenvalue weighted by Gasteiger charge is -2.17. The van der Waals surface area contributed by atoms with Gasteiger partial charge in [-0.15, -0.1) is 0 Å². The standard InChI is InChI=1S/C18H19FN2O2/c19-14-8-5-13(6-9-14)17(22)11-20-18(23)21-16-10-7-12-3-1-2-4-15(12)16/h1-6,8-9,16-17,22H,7,10-11H2,(H2,20,21,23). The molecule has 0 aliphatic heterocycles. The van der Waals surface area contributed by atoms with Gasteiger partial charge in [0.15, 0.2) is 0 Å². The molecule has 0 saturated carbocycles. The molecule has 2 atom stereocenters. The highest BCUT2D eigenvalue weighted by Crippen LogP contribution is 2.30. The van der Waals surface area contributed by atoms with Gasteiger partial charge in [0.2, 0.25) is 0 Å². The molecular weight excluding hydrogens is 295 g/mol. The van der Waals surface area contributed by atoms with Crippen LogP contribution in [0.3, 0.4) is 0 Å². The van der Waals surface area contributed by atoms with Crippen molar-refractivity contribution in [2.45, 2.75) is 25.0 Å². The second-order valence-electron chi connectivity index (χ2n) is 5.71. The van der Waals surface area contributed by atoms with Crippen molar-refractivity contribution in [2.24, 2.45) is 0 Å². The number of halogens is 1. The van der Waals surface area contributed by atoms with Crippen LogP contribution in [0.5, 0.6) is 0 Å². The summed E-state index contributed by atoms with van der Waals surface area (Å²) in [7, 11) is 0. The first-order chi connectivity index (χ1) is 11.1. The van der Waals surface area contributed by atoms with Gasteiger partial charge < -0.3 is 15.7 Å². The summed E-state index contributed by atoms with van der Waals surface area (Å²) in [5.74, 6) is -0.355. The van der Waals surface area contributed by atoms with Gasteiger partial charge in [-0.3, -0.25) is 0 Å². The molecular formula is C18H19FN2O2. The van der Waals surface area contributed by atoms with Gasteiger partial charge in [0, 0.05) is 6.54 Å². The van der Waals surface area contributed by atoms with Crippen LogP contribution >= 0.6 is 0 Å². The Bertz CT molecular complexity index is 688. The summed E-state index contributed by atoms with van der Waals surface area (Å²) in [4.78, 5) is 12.0. The van der Waals surface area contributed by atoms with E-state index in [9.17, 15) is 14.3 Å². The van der Waals surface area contributed by atoms with Crippen LogP contribution in [-0.2, 0) is 6.42 Å². The Kier molecular flexibility index (Phi) is 4.57. The van der Waals surface area contributed by atoms with E-state index < -0.39 is 6.10 Å². The Balaban J connectivity index is 1.51. The molecule has 2 aromatic carbocycles. The number of aryl methyl sites for hydroxylation is 1. The van der Waals surface area contributed by atoms with Gasteiger partial charge in [-0.2, -0.15) is 0 Å². The first kappa shape index (κ1) is 15.5. The number of aliphatic hydroxyl groups excluding tert-OH is 1. The van der Waals surface area contributed by atoms with Gasteiger partial charge in [0.25, 0.3) is 0 Å². The van der Waals surface area contributed by atoms with E-state index in [-0.39, 0.29) is 24.4 Å². The van der Waals surface area contributed by atoms with E-state index in [0.717, 1.165) is 18.4 Å². The lowest BCUT2D eigenvalue weighted by Crippen LogP contribution is -2.39. The average Bonchev–Trinajstić information content (AvgIpc) is 2.96. The summed E-state index contributed by atoms with van der Waals surface area (Å²) in [5, 5.41) is 15.6. The Labute approximate surface area is 134 Å². The summed E-state index contributed by atoms with van der Waals surface area (Å²) in [6, 6.07) is 13.4.